The van der Waals surface area contributed by atoms with Crippen LogP contribution in [-0.4, -0.2) is 74.3 Å². The molecule has 1 saturated carbocycles. The van der Waals surface area contributed by atoms with Gasteiger partial charge in [-0.05, 0) is 61.3 Å². The lowest BCUT2D eigenvalue weighted by molar-refractivity contribution is -0.946. The molecule has 6 rings (SSSR count). The smallest absolute Gasteiger partial charge is 0.226 e. The summed E-state index contributed by atoms with van der Waals surface area (Å²) < 4.78 is 28.5. The number of benzene rings is 2. The molecule has 6 nitrogen and oxygen atoms in total. The van der Waals surface area contributed by atoms with E-state index < -0.39 is 10.1 Å². The Kier molecular flexibility index (Phi) is 11.9. The molecule has 0 radical (unpaired) electrons. The number of nitrogens with zero attached hydrogens (tertiary/aromatic N) is 2. The second-order valence-electron chi connectivity index (χ2n) is 14.0. The van der Waals surface area contributed by atoms with Crippen molar-refractivity contribution in [2.75, 3.05) is 46.0 Å². The highest BCUT2D eigenvalue weighted by Crippen LogP contribution is 2.53. The van der Waals surface area contributed by atoms with E-state index in [1.807, 2.05) is 24.1 Å². The van der Waals surface area contributed by atoms with Gasteiger partial charge in [-0.25, -0.2) is 8.42 Å². The maximum absolute atomic E-state index is 13.3. The fraction of sp³-hybridized carbons (Fsp3) is 0.629. The highest BCUT2D eigenvalue weighted by atomic mass is 35.5. The van der Waals surface area contributed by atoms with Crippen LogP contribution in [0.3, 0.4) is 0 Å². The van der Waals surface area contributed by atoms with Gasteiger partial charge in [-0.2, -0.15) is 0 Å². The summed E-state index contributed by atoms with van der Waals surface area (Å²) in [5, 5.41) is 1.19. The lowest BCUT2D eigenvalue weighted by Crippen LogP contribution is -2.63. The third-order valence-electron chi connectivity index (χ3n) is 10.6. The minimum atomic E-state index is -3.92. The normalized spacial score (nSPS) is 24.3. The van der Waals surface area contributed by atoms with Crippen LogP contribution in [0.25, 0.3) is 0 Å². The van der Waals surface area contributed by atoms with E-state index in [0.29, 0.717) is 34.7 Å². The molecule has 3 heterocycles. The molecule has 3 aliphatic heterocycles. The predicted octanol–water partition coefficient (Wildman–Crippen LogP) is 7.53. The van der Waals surface area contributed by atoms with Crippen molar-refractivity contribution in [1.82, 2.24) is 4.90 Å². The zero-order chi connectivity index (χ0) is 32.1. The number of halogens is 2. The van der Waals surface area contributed by atoms with Gasteiger partial charge >= 0.3 is 0 Å². The lowest BCUT2D eigenvalue weighted by atomic mass is 9.59. The highest BCUT2D eigenvalue weighted by molar-refractivity contribution is 7.84. The standard InChI is InChI=1S/C34H47Cl2N2O.CH4O3S/c1-25-19-26(2)21-27(20-25)22-33(39)37(3)24-29(28-9-10-31(35)32(36)23-28)11-15-38-16-12-34(13-17-38,14-18-38)30-7-5-4-6-8-30;1-5(2,3)4/h9-10,19-21,23,29-30H,4-8,11-18,22,24H2,1-3H3;1H3,(H,2,3,4)/q+1;/p-1. The summed E-state index contributed by atoms with van der Waals surface area (Å²) in [6.45, 7) is 10.1. The van der Waals surface area contributed by atoms with Crippen molar-refractivity contribution in [2.45, 2.75) is 84.0 Å². The number of hydrogen-bond acceptors (Lipinski definition) is 4. The third-order valence-corrected chi connectivity index (χ3v) is 11.4. The summed E-state index contributed by atoms with van der Waals surface area (Å²) in [6.07, 6.45) is 13.7. The number of rotatable bonds is 9. The number of carbonyl (C=O) groups excluding carboxylic acids is 1. The Morgan fingerprint density at radius 2 is 1.55 bits per heavy atom. The molecule has 4 fully saturated rings. The van der Waals surface area contributed by atoms with Crippen molar-refractivity contribution in [3.05, 3.63) is 68.7 Å². The van der Waals surface area contributed by atoms with Crippen molar-refractivity contribution in [1.29, 1.82) is 0 Å². The van der Waals surface area contributed by atoms with Gasteiger partial charge in [0.25, 0.3) is 0 Å². The molecule has 4 aliphatic rings. The largest absolute Gasteiger partial charge is 0.748 e. The summed E-state index contributed by atoms with van der Waals surface area (Å²) >= 11 is 12.8. The Morgan fingerprint density at radius 1 is 0.977 bits per heavy atom. The van der Waals surface area contributed by atoms with Gasteiger partial charge in [0, 0.05) is 51.4 Å². The zero-order valence-electron chi connectivity index (χ0n) is 26.9. The number of quaternary nitrogens is 1. The van der Waals surface area contributed by atoms with Gasteiger partial charge in [0.1, 0.15) is 0 Å². The van der Waals surface area contributed by atoms with Crippen molar-refractivity contribution in [3.63, 3.8) is 0 Å². The predicted molar refractivity (Wildman–Crippen MR) is 179 cm³/mol. The molecular formula is C35H50Cl2N2O4S. The molecule has 1 aliphatic carbocycles. The van der Waals surface area contributed by atoms with Gasteiger partial charge in [0.15, 0.2) is 0 Å². The van der Waals surface area contributed by atoms with E-state index in [2.05, 4.69) is 38.1 Å². The lowest BCUT2D eigenvalue weighted by Gasteiger charge is -2.58. The van der Waals surface area contributed by atoms with Crippen LogP contribution in [0.4, 0.5) is 0 Å². The molecular weight excluding hydrogens is 615 g/mol. The molecule has 44 heavy (non-hydrogen) atoms. The molecule has 1 unspecified atom stereocenters. The second kappa shape index (κ2) is 14.8. The summed E-state index contributed by atoms with van der Waals surface area (Å²) in [5.41, 5.74) is 5.35. The minimum absolute atomic E-state index is 0.172. The molecule has 3 saturated heterocycles. The summed E-state index contributed by atoms with van der Waals surface area (Å²) in [5.74, 6) is 1.40. The molecule has 0 spiro atoms. The van der Waals surface area contributed by atoms with E-state index in [1.54, 1.807) is 0 Å². The topological polar surface area (TPSA) is 77.5 Å². The Labute approximate surface area is 275 Å². The Hall–Kier alpha value is -1.64. The van der Waals surface area contributed by atoms with Crippen LogP contribution >= 0.6 is 23.2 Å². The summed E-state index contributed by atoms with van der Waals surface area (Å²) in [6, 6.07) is 12.5. The van der Waals surface area contributed by atoms with Crippen molar-refractivity contribution in [3.8, 4) is 0 Å². The number of carbonyl (C=O) groups is 1. The number of piperidine rings is 3. The van der Waals surface area contributed by atoms with E-state index in [1.165, 1.54) is 98.7 Å². The molecule has 244 valence electrons. The van der Waals surface area contributed by atoms with Gasteiger partial charge in [-0.1, -0.05) is 77.9 Å². The Bertz CT molecular complexity index is 1350. The second-order valence-corrected chi connectivity index (χ2v) is 16.2. The van der Waals surface area contributed by atoms with Gasteiger partial charge < -0.3 is 13.9 Å². The molecule has 2 aromatic carbocycles. The highest BCUT2D eigenvalue weighted by Gasteiger charge is 2.52. The molecule has 9 heteroatoms. The van der Waals surface area contributed by atoms with Gasteiger partial charge in [0.2, 0.25) is 5.91 Å². The first-order chi connectivity index (χ1) is 20.7. The van der Waals surface area contributed by atoms with E-state index in [4.69, 9.17) is 36.2 Å². The van der Waals surface area contributed by atoms with E-state index in [9.17, 15) is 4.79 Å². The quantitative estimate of drug-likeness (QED) is 0.205. The van der Waals surface area contributed by atoms with Crippen LogP contribution in [0.1, 0.15) is 86.0 Å². The van der Waals surface area contributed by atoms with Crippen LogP contribution in [-0.2, 0) is 21.3 Å². The minimum Gasteiger partial charge on any atom is -0.748 e. The molecule has 2 aromatic rings. The average Bonchev–Trinajstić information content (AvgIpc) is 2.96. The molecule has 0 aromatic heterocycles. The Balaban J connectivity index is 0.000000818. The number of likely N-dealkylation sites (N-methyl/N-ethyl adjacent to an activating group) is 1. The zero-order valence-corrected chi connectivity index (χ0v) is 29.2. The van der Waals surface area contributed by atoms with Gasteiger partial charge in [-0.3, -0.25) is 4.79 Å². The van der Waals surface area contributed by atoms with Crippen LogP contribution < -0.4 is 0 Å². The Morgan fingerprint density at radius 3 is 2.09 bits per heavy atom. The summed E-state index contributed by atoms with van der Waals surface area (Å²) in [7, 11) is -1.96. The van der Waals surface area contributed by atoms with Gasteiger partial charge in [0.05, 0.1) is 52.8 Å². The van der Waals surface area contributed by atoms with Crippen molar-refractivity contribution < 1.29 is 22.2 Å². The number of hydrogen-bond donors (Lipinski definition) is 0. The number of fused-ring (bicyclic) bond motifs is 3. The molecule has 1 amide bonds. The number of aryl methyl sites for hydroxylation is 2. The van der Waals surface area contributed by atoms with Crippen molar-refractivity contribution >= 4 is 39.2 Å². The van der Waals surface area contributed by atoms with Crippen molar-refractivity contribution in [2.24, 2.45) is 11.3 Å². The first-order valence-electron chi connectivity index (χ1n) is 16.2. The number of amides is 1. The van der Waals surface area contributed by atoms with Crippen LogP contribution in [0, 0.1) is 25.2 Å². The average molecular weight is 666 g/mol. The third kappa shape index (κ3) is 9.68. The van der Waals surface area contributed by atoms with E-state index in [0.717, 1.165) is 17.9 Å². The monoisotopic (exact) mass is 664 g/mol. The van der Waals surface area contributed by atoms with Crippen LogP contribution in [0.2, 0.25) is 10.0 Å². The molecule has 2 bridgehead atoms. The summed E-state index contributed by atoms with van der Waals surface area (Å²) in [4.78, 5) is 15.3. The van der Waals surface area contributed by atoms with Crippen LogP contribution in [0.15, 0.2) is 36.4 Å². The SMILES string of the molecule is CS(=O)(=O)[O-].Cc1cc(C)cc(CC(=O)N(C)CC(CC[N+]23CCC(C4CCCCC4)(CC2)CC3)c2ccc(Cl)c(Cl)c2)c1. The fourth-order valence-corrected chi connectivity index (χ4v) is 8.53. The van der Waals surface area contributed by atoms with Crippen LogP contribution in [0.5, 0.6) is 0 Å². The van der Waals surface area contributed by atoms with Gasteiger partial charge in [-0.15, -0.1) is 0 Å². The fourth-order valence-electron chi connectivity index (χ4n) is 8.23. The first-order valence-corrected chi connectivity index (χ1v) is 18.8. The van der Waals surface area contributed by atoms with E-state index >= 15 is 0 Å². The first kappa shape index (κ1) is 35.2. The molecule has 0 N–H and O–H groups in total. The van der Waals surface area contributed by atoms with E-state index in [-0.39, 0.29) is 11.8 Å². The maximum Gasteiger partial charge on any atom is 0.226 e. The maximum atomic E-state index is 13.3. The molecule has 1 atom stereocenters.